The zero-order valence-corrected chi connectivity index (χ0v) is 16.1. The molecule has 0 unspecified atom stereocenters. The van der Waals surface area contributed by atoms with Gasteiger partial charge in [0.15, 0.2) is 5.76 Å². The van der Waals surface area contributed by atoms with E-state index < -0.39 is 11.9 Å². The molecule has 0 atom stereocenters. The van der Waals surface area contributed by atoms with Crippen LogP contribution in [0, 0.1) is 0 Å². The Labute approximate surface area is 173 Å². The number of hydrogen-bond acceptors (Lipinski definition) is 4. The number of anilines is 1. The number of esters is 1. The normalized spacial score (nSPS) is 10.4. The van der Waals surface area contributed by atoms with Crippen LogP contribution in [0.5, 0.6) is 0 Å². The Balaban J connectivity index is 1.41. The van der Waals surface area contributed by atoms with Gasteiger partial charge in [-0.15, -0.1) is 0 Å². The van der Waals surface area contributed by atoms with Crippen LogP contribution in [0.4, 0.5) is 5.69 Å². The summed E-state index contributed by atoms with van der Waals surface area (Å²) in [4.78, 5) is 24.8. The van der Waals surface area contributed by atoms with Crippen LogP contribution in [-0.2, 0) is 11.3 Å². The molecule has 30 heavy (non-hydrogen) atoms. The first-order chi connectivity index (χ1) is 14.7. The highest BCUT2D eigenvalue weighted by atomic mass is 16.5. The lowest BCUT2D eigenvalue weighted by molar-refractivity contribution is 0.0474. The summed E-state index contributed by atoms with van der Waals surface area (Å²) in [6, 6.07) is 27.8. The molecule has 0 aliphatic carbocycles. The smallest absolute Gasteiger partial charge is 0.340 e. The largest absolute Gasteiger partial charge is 0.459 e. The molecule has 4 rings (SSSR count). The van der Waals surface area contributed by atoms with E-state index in [4.69, 9.17) is 9.15 Å². The van der Waals surface area contributed by atoms with Crippen LogP contribution >= 0.6 is 0 Å². The molecule has 1 aromatic heterocycles. The van der Waals surface area contributed by atoms with E-state index in [0.29, 0.717) is 5.69 Å². The molecule has 4 aromatic rings. The number of furan rings is 1. The second-order valence-corrected chi connectivity index (χ2v) is 6.62. The standard InChI is InChI=1S/C25H19NO4/c27-24(23-11-6-16-29-23)26-22-10-5-4-9-21(22)25(28)30-17-18-12-14-20(15-13-18)19-7-2-1-3-8-19/h1-16H,17H2,(H,26,27). The van der Waals surface area contributed by atoms with Gasteiger partial charge in [0, 0.05) is 0 Å². The first-order valence-corrected chi connectivity index (χ1v) is 9.46. The van der Waals surface area contributed by atoms with Crippen LogP contribution in [0.3, 0.4) is 0 Å². The summed E-state index contributed by atoms with van der Waals surface area (Å²) in [6.45, 7) is 0.133. The number of rotatable bonds is 6. The fourth-order valence-corrected chi connectivity index (χ4v) is 3.01. The van der Waals surface area contributed by atoms with Crippen LogP contribution in [0.1, 0.15) is 26.5 Å². The van der Waals surface area contributed by atoms with Gasteiger partial charge in [-0.2, -0.15) is 0 Å². The summed E-state index contributed by atoms with van der Waals surface area (Å²) in [5.74, 6) is -0.786. The lowest BCUT2D eigenvalue weighted by Gasteiger charge is -2.11. The van der Waals surface area contributed by atoms with E-state index in [1.165, 1.54) is 6.26 Å². The van der Waals surface area contributed by atoms with Crippen LogP contribution in [0.2, 0.25) is 0 Å². The number of amides is 1. The first-order valence-electron chi connectivity index (χ1n) is 9.46. The molecule has 5 heteroatoms. The maximum atomic E-state index is 12.6. The van der Waals surface area contributed by atoms with Gasteiger partial charge < -0.3 is 14.5 Å². The fraction of sp³-hybridized carbons (Fsp3) is 0.0400. The van der Waals surface area contributed by atoms with Gasteiger partial charge in [0.1, 0.15) is 6.61 Å². The molecular formula is C25H19NO4. The predicted molar refractivity (Wildman–Crippen MR) is 114 cm³/mol. The second-order valence-electron chi connectivity index (χ2n) is 6.62. The maximum absolute atomic E-state index is 12.6. The van der Waals surface area contributed by atoms with Gasteiger partial charge in [-0.05, 0) is 41.0 Å². The number of hydrogen-bond donors (Lipinski definition) is 1. The fourth-order valence-electron chi connectivity index (χ4n) is 3.01. The highest BCUT2D eigenvalue weighted by Crippen LogP contribution is 2.21. The molecule has 0 aliphatic heterocycles. The summed E-state index contributed by atoms with van der Waals surface area (Å²) in [6.07, 6.45) is 1.41. The minimum Gasteiger partial charge on any atom is -0.459 e. The number of ether oxygens (including phenoxy) is 1. The lowest BCUT2D eigenvalue weighted by atomic mass is 10.0. The highest BCUT2D eigenvalue weighted by molar-refractivity contribution is 6.06. The summed E-state index contributed by atoms with van der Waals surface area (Å²) in [5.41, 5.74) is 3.74. The zero-order valence-electron chi connectivity index (χ0n) is 16.1. The van der Waals surface area contributed by atoms with E-state index in [1.807, 2.05) is 54.6 Å². The Morgan fingerprint density at radius 3 is 2.20 bits per heavy atom. The van der Waals surface area contributed by atoms with E-state index in [0.717, 1.165) is 16.7 Å². The summed E-state index contributed by atoms with van der Waals surface area (Å²) >= 11 is 0. The van der Waals surface area contributed by atoms with E-state index in [1.54, 1.807) is 36.4 Å². The van der Waals surface area contributed by atoms with Crippen LogP contribution < -0.4 is 5.32 Å². The van der Waals surface area contributed by atoms with Crippen molar-refractivity contribution in [3.8, 4) is 11.1 Å². The first kappa shape index (κ1) is 19.2. The Bertz CT molecular complexity index is 1130. The Morgan fingerprint density at radius 2 is 1.47 bits per heavy atom. The third-order valence-electron chi connectivity index (χ3n) is 4.57. The molecule has 0 radical (unpaired) electrons. The van der Waals surface area contributed by atoms with Crippen molar-refractivity contribution in [3.05, 3.63) is 114 Å². The van der Waals surface area contributed by atoms with E-state index >= 15 is 0 Å². The molecule has 0 saturated carbocycles. The van der Waals surface area contributed by atoms with Gasteiger partial charge in [0.25, 0.3) is 5.91 Å². The minimum atomic E-state index is -0.516. The average molecular weight is 397 g/mol. The summed E-state index contributed by atoms with van der Waals surface area (Å²) < 4.78 is 10.5. The molecule has 0 bridgehead atoms. The van der Waals surface area contributed by atoms with Crippen molar-refractivity contribution in [1.29, 1.82) is 0 Å². The van der Waals surface area contributed by atoms with E-state index in [-0.39, 0.29) is 17.9 Å². The Hall–Kier alpha value is -4.12. The SMILES string of the molecule is O=C(Nc1ccccc1C(=O)OCc1ccc(-c2ccccc2)cc1)c1ccco1. The monoisotopic (exact) mass is 397 g/mol. The predicted octanol–water partition coefficient (Wildman–Crippen LogP) is 5.56. The molecule has 5 nitrogen and oxygen atoms in total. The van der Waals surface area contributed by atoms with Crippen molar-refractivity contribution in [1.82, 2.24) is 0 Å². The average Bonchev–Trinajstić information content (AvgIpc) is 3.34. The number of carbonyl (C=O) groups excluding carboxylic acids is 2. The van der Waals surface area contributed by atoms with Crippen molar-refractivity contribution < 1.29 is 18.7 Å². The quantitative estimate of drug-likeness (QED) is 0.433. The zero-order chi connectivity index (χ0) is 20.8. The molecule has 3 aromatic carbocycles. The van der Waals surface area contributed by atoms with Gasteiger partial charge in [-0.3, -0.25) is 4.79 Å². The van der Waals surface area contributed by atoms with Crippen molar-refractivity contribution in [2.24, 2.45) is 0 Å². The Kier molecular flexibility index (Phi) is 5.71. The number of nitrogens with one attached hydrogen (secondary N) is 1. The van der Waals surface area contributed by atoms with Crippen molar-refractivity contribution in [3.63, 3.8) is 0 Å². The van der Waals surface area contributed by atoms with Crippen molar-refractivity contribution in [2.45, 2.75) is 6.61 Å². The minimum absolute atomic E-state index is 0.133. The van der Waals surface area contributed by atoms with Crippen molar-refractivity contribution in [2.75, 3.05) is 5.32 Å². The summed E-state index contributed by atoms with van der Waals surface area (Å²) in [7, 11) is 0. The maximum Gasteiger partial charge on any atom is 0.340 e. The topological polar surface area (TPSA) is 68.5 Å². The van der Waals surface area contributed by atoms with Gasteiger partial charge in [0.05, 0.1) is 17.5 Å². The molecular weight excluding hydrogens is 378 g/mol. The third-order valence-corrected chi connectivity index (χ3v) is 4.57. The number of carbonyl (C=O) groups is 2. The van der Waals surface area contributed by atoms with Gasteiger partial charge in [-0.1, -0.05) is 66.7 Å². The van der Waals surface area contributed by atoms with Crippen LogP contribution in [0.15, 0.2) is 102 Å². The Morgan fingerprint density at radius 1 is 0.767 bits per heavy atom. The lowest BCUT2D eigenvalue weighted by Crippen LogP contribution is -2.15. The van der Waals surface area contributed by atoms with Gasteiger partial charge >= 0.3 is 5.97 Å². The molecule has 1 heterocycles. The van der Waals surface area contributed by atoms with Gasteiger partial charge in [0.2, 0.25) is 0 Å². The molecule has 1 N–H and O–H groups in total. The molecule has 0 spiro atoms. The van der Waals surface area contributed by atoms with Crippen LogP contribution in [-0.4, -0.2) is 11.9 Å². The molecule has 1 amide bonds. The second kappa shape index (κ2) is 8.92. The number of benzene rings is 3. The third kappa shape index (κ3) is 4.47. The number of para-hydroxylation sites is 1. The summed E-state index contributed by atoms with van der Waals surface area (Å²) in [5, 5.41) is 2.68. The van der Waals surface area contributed by atoms with Gasteiger partial charge in [-0.25, -0.2) is 4.79 Å². The van der Waals surface area contributed by atoms with E-state index in [2.05, 4.69) is 5.32 Å². The van der Waals surface area contributed by atoms with E-state index in [9.17, 15) is 9.59 Å². The molecule has 0 fully saturated rings. The highest BCUT2D eigenvalue weighted by Gasteiger charge is 2.16. The van der Waals surface area contributed by atoms with Crippen LogP contribution in [0.25, 0.3) is 11.1 Å². The molecule has 0 saturated heterocycles. The molecule has 0 aliphatic rings. The molecule has 148 valence electrons. The van der Waals surface area contributed by atoms with Crippen molar-refractivity contribution >= 4 is 17.6 Å².